The summed E-state index contributed by atoms with van der Waals surface area (Å²) in [5.74, 6) is -0.0483. The number of hydrogen-bond acceptors (Lipinski definition) is 4. The highest BCUT2D eigenvalue weighted by Gasteiger charge is 2.21. The minimum absolute atomic E-state index is 0.0118. The fourth-order valence-corrected chi connectivity index (χ4v) is 1.79. The van der Waals surface area contributed by atoms with Crippen LogP contribution in [0.4, 0.5) is 0 Å². The summed E-state index contributed by atoms with van der Waals surface area (Å²) >= 11 is 0. The highest BCUT2D eigenvalue weighted by molar-refractivity contribution is 5.81. The van der Waals surface area contributed by atoms with Crippen LogP contribution in [-0.4, -0.2) is 59.4 Å². The number of nitrogens with zero attached hydrogens (tertiary/aromatic N) is 1. The molecule has 0 aromatic heterocycles. The van der Waals surface area contributed by atoms with Gasteiger partial charge in [-0.25, -0.2) is 0 Å². The van der Waals surface area contributed by atoms with Crippen LogP contribution in [0, 0.1) is 0 Å². The summed E-state index contributed by atoms with van der Waals surface area (Å²) in [5.41, 5.74) is 0. The fourth-order valence-electron chi connectivity index (χ4n) is 1.79. The number of nitrogens with one attached hydrogen (secondary N) is 1. The average Bonchev–Trinajstić information content (AvgIpc) is 2.28. The molecule has 17 heavy (non-hydrogen) atoms. The molecule has 0 aliphatic rings. The second kappa shape index (κ2) is 9.39. The molecule has 2 atom stereocenters. The Bertz CT molecular complexity index is 206. The van der Waals surface area contributed by atoms with Gasteiger partial charge in [0.25, 0.3) is 0 Å². The molecule has 0 bridgehead atoms. The lowest BCUT2D eigenvalue weighted by atomic mass is 10.1. The van der Waals surface area contributed by atoms with Gasteiger partial charge >= 0.3 is 0 Å². The van der Waals surface area contributed by atoms with Crippen molar-refractivity contribution in [1.29, 1.82) is 0 Å². The van der Waals surface area contributed by atoms with Crippen molar-refractivity contribution in [3.8, 4) is 0 Å². The van der Waals surface area contributed by atoms with Crippen LogP contribution in [0.1, 0.15) is 33.6 Å². The van der Waals surface area contributed by atoms with Gasteiger partial charge in [0.1, 0.15) is 0 Å². The van der Waals surface area contributed by atoms with Crippen molar-refractivity contribution >= 4 is 5.91 Å². The van der Waals surface area contributed by atoms with Crippen molar-refractivity contribution in [2.24, 2.45) is 0 Å². The summed E-state index contributed by atoms with van der Waals surface area (Å²) in [4.78, 5) is 13.7. The Morgan fingerprint density at radius 2 is 1.76 bits per heavy atom. The van der Waals surface area contributed by atoms with Crippen LogP contribution >= 0.6 is 0 Å². The summed E-state index contributed by atoms with van der Waals surface area (Å²) in [6.07, 6.45) is 1.99. The minimum atomic E-state index is -0.325. The summed E-state index contributed by atoms with van der Waals surface area (Å²) in [7, 11) is 0. The molecule has 3 N–H and O–H groups in total. The first-order valence-electron chi connectivity index (χ1n) is 6.32. The predicted octanol–water partition coefficient (Wildman–Crippen LogP) is -0.0337. The van der Waals surface area contributed by atoms with E-state index in [9.17, 15) is 4.79 Å². The van der Waals surface area contributed by atoms with Crippen LogP contribution in [0.25, 0.3) is 0 Å². The fraction of sp³-hybridized carbons (Fsp3) is 0.917. The third-order valence-electron chi connectivity index (χ3n) is 2.81. The monoisotopic (exact) mass is 246 g/mol. The molecule has 102 valence electrons. The van der Waals surface area contributed by atoms with E-state index in [4.69, 9.17) is 10.2 Å². The normalized spacial score (nSPS) is 14.7. The Morgan fingerprint density at radius 1 is 1.24 bits per heavy atom. The molecule has 0 aliphatic carbocycles. The van der Waals surface area contributed by atoms with E-state index in [1.54, 1.807) is 11.8 Å². The second-order valence-electron chi connectivity index (χ2n) is 4.36. The summed E-state index contributed by atoms with van der Waals surface area (Å²) < 4.78 is 0. The Labute approximate surface area is 104 Å². The molecule has 0 saturated carbocycles. The molecule has 0 rings (SSSR count). The summed E-state index contributed by atoms with van der Waals surface area (Å²) in [6, 6.07) is -0.159. The Kier molecular flexibility index (Phi) is 9.03. The molecule has 0 fully saturated rings. The zero-order chi connectivity index (χ0) is 13.3. The van der Waals surface area contributed by atoms with Crippen molar-refractivity contribution in [1.82, 2.24) is 10.2 Å². The van der Waals surface area contributed by atoms with Crippen LogP contribution in [0.5, 0.6) is 0 Å². The third-order valence-corrected chi connectivity index (χ3v) is 2.81. The van der Waals surface area contributed by atoms with Crippen molar-refractivity contribution in [2.45, 2.75) is 45.7 Å². The average molecular weight is 246 g/mol. The second-order valence-corrected chi connectivity index (χ2v) is 4.36. The van der Waals surface area contributed by atoms with Crippen LogP contribution in [-0.2, 0) is 4.79 Å². The van der Waals surface area contributed by atoms with Gasteiger partial charge in [-0.3, -0.25) is 9.69 Å². The van der Waals surface area contributed by atoms with E-state index in [1.807, 2.05) is 6.92 Å². The zero-order valence-electron chi connectivity index (χ0n) is 11.1. The lowest BCUT2D eigenvalue weighted by Crippen LogP contribution is -2.49. The number of aliphatic hydroxyl groups excluding tert-OH is 2. The quantitative estimate of drug-likeness (QED) is 0.534. The van der Waals surface area contributed by atoms with Gasteiger partial charge in [0.05, 0.1) is 19.3 Å². The van der Waals surface area contributed by atoms with Gasteiger partial charge in [-0.1, -0.05) is 13.3 Å². The van der Waals surface area contributed by atoms with E-state index in [-0.39, 0.29) is 31.2 Å². The van der Waals surface area contributed by atoms with E-state index >= 15 is 0 Å². The largest absolute Gasteiger partial charge is 0.395 e. The first-order chi connectivity index (χ1) is 8.06. The number of amides is 1. The van der Waals surface area contributed by atoms with E-state index < -0.39 is 0 Å². The number of carbonyl (C=O) groups is 1. The van der Waals surface area contributed by atoms with Gasteiger partial charge in [0, 0.05) is 19.1 Å². The Balaban J connectivity index is 4.23. The smallest absolute Gasteiger partial charge is 0.237 e. The van der Waals surface area contributed by atoms with E-state index in [0.717, 1.165) is 12.8 Å². The highest BCUT2D eigenvalue weighted by Crippen LogP contribution is 2.01. The van der Waals surface area contributed by atoms with Crippen molar-refractivity contribution in [2.75, 3.05) is 26.3 Å². The van der Waals surface area contributed by atoms with E-state index in [0.29, 0.717) is 13.1 Å². The SMILES string of the molecule is CCCC(C)NC(=O)C(C)N(CCO)CCO. The van der Waals surface area contributed by atoms with E-state index in [2.05, 4.69) is 12.2 Å². The third kappa shape index (κ3) is 6.61. The van der Waals surface area contributed by atoms with Gasteiger partial charge < -0.3 is 15.5 Å². The lowest BCUT2D eigenvalue weighted by molar-refractivity contribution is -0.126. The predicted molar refractivity (Wildman–Crippen MR) is 67.7 cm³/mol. The molecule has 1 amide bonds. The Morgan fingerprint density at radius 3 is 2.18 bits per heavy atom. The molecule has 0 saturated heterocycles. The van der Waals surface area contributed by atoms with Gasteiger partial charge in [0.15, 0.2) is 0 Å². The Hall–Kier alpha value is -0.650. The van der Waals surface area contributed by atoms with Crippen LogP contribution in [0.2, 0.25) is 0 Å². The molecule has 0 aromatic rings. The lowest BCUT2D eigenvalue weighted by Gasteiger charge is -2.27. The number of rotatable bonds is 9. The maximum Gasteiger partial charge on any atom is 0.237 e. The maximum atomic E-state index is 11.9. The van der Waals surface area contributed by atoms with Crippen molar-refractivity contribution in [3.63, 3.8) is 0 Å². The topological polar surface area (TPSA) is 72.8 Å². The molecular weight excluding hydrogens is 220 g/mol. The van der Waals surface area contributed by atoms with E-state index in [1.165, 1.54) is 0 Å². The standard InChI is InChI=1S/C12H26N2O3/c1-4-5-10(2)13-12(17)11(3)14(6-8-15)7-9-16/h10-11,15-16H,4-9H2,1-3H3,(H,13,17). The van der Waals surface area contributed by atoms with Gasteiger partial charge in [-0.15, -0.1) is 0 Å². The van der Waals surface area contributed by atoms with Crippen molar-refractivity contribution < 1.29 is 15.0 Å². The first-order valence-corrected chi connectivity index (χ1v) is 6.32. The maximum absolute atomic E-state index is 11.9. The highest BCUT2D eigenvalue weighted by atomic mass is 16.3. The van der Waals surface area contributed by atoms with Crippen LogP contribution < -0.4 is 5.32 Å². The molecule has 5 heteroatoms. The first kappa shape index (κ1) is 16.4. The van der Waals surface area contributed by atoms with Crippen LogP contribution in [0.3, 0.4) is 0 Å². The van der Waals surface area contributed by atoms with Crippen LogP contribution in [0.15, 0.2) is 0 Å². The number of carbonyl (C=O) groups excluding carboxylic acids is 1. The minimum Gasteiger partial charge on any atom is -0.395 e. The number of aliphatic hydroxyl groups is 2. The molecule has 0 radical (unpaired) electrons. The molecule has 0 aliphatic heterocycles. The molecule has 0 heterocycles. The van der Waals surface area contributed by atoms with Gasteiger partial charge in [-0.2, -0.15) is 0 Å². The van der Waals surface area contributed by atoms with Gasteiger partial charge in [-0.05, 0) is 20.3 Å². The van der Waals surface area contributed by atoms with Crippen molar-refractivity contribution in [3.05, 3.63) is 0 Å². The molecule has 0 spiro atoms. The molecule has 0 aromatic carbocycles. The zero-order valence-corrected chi connectivity index (χ0v) is 11.1. The molecule has 5 nitrogen and oxygen atoms in total. The molecular formula is C12H26N2O3. The summed E-state index contributed by atoms with van der Waals surface area (Å²) in [6.45, 7) is 6.63. The summed E-state index contributed by atoms with van der Waals surface area (Å²) in [5, 5.41) is 20.7. The van der Waals surface area contributed by atoms with Gasteiger partial charge in [0.2, 0.25) is 5.91 Å². The number of hydrogen-bond donors (Lipinski definition) is 3. The molecule has 2 unspecified atom stereocenters.